The molecule has 11 heteroatoms. The highest BCUT2D eigenvalue weighted by Crippen LogP contribution is 2.26. The second-order valence-corrected chi connectivity index (χ2v) is 11.7. The Kier molecular flexibility index (Phi) is 9.74. The van der Waals surface area contributed by atoms with Gasteiger partial charge in [-0.15, -0.1) is 0 Å². The lowest BCUT2D eigenvalue weighted by atomic mass is 10.1. The molecule has 0 aromatic heterocycles. The van der Waals surface area contributed by atoms with Gasteiger partial charge in [0.05, 0.1) is 30.0 Å². The van der Waals surface area contributed by atoms with Crippen molar-refractivity contribution in [2.24, 2.45) is 5.10 Å². The van der Waals surface area contributed by atoms with E-state index in [1.165, 1.54) is 18.3 Å². The molecule has 0 atom stereocenters. The molecule has 2 amide bonds. The number of sulfonamides is 1. The minimum atomic E-state index is -4.03. The molecule has 216 valence electrons. The summed E-state index contributed by atoms with van der Waals surface area (Å²) in [4.78, 5) is 26.9. The molecule has 3 aromatic rings. The Morgan fingerprint density at radius 3 is 2.22 bits per heavy atom. The summed E-state index contributed by atoms with van der Waals surface area (Å²) in [5, 5.41) is 4.00. The zero-order valence-electron chi connectivity index (χ0n) is 23.4. The van der Waals surface area contributed by atoms with Crippen molar-refractivity contribution < 1.29 is 27.5 Å². The molecular formula is C30H34N4O6S. The average Bonchev–Trinajstić information content (AvgIpc) is 2.95. The molecule has 1 heterocycles. The maximum Gasteiger partial charge on any atom is 0.264 e. The first-order valence-electron chi connectivity index (χ1n) is 13.2. The molecule has 0 radical (unpaired) electrons. The lowest BCUT2D eigenvalue weighted by Gasteiger charge is -2.26. The minimum Gasteiger partial charge on any atom is -0.484 e. The van der Waals surface area contributed by atoms with E-state index >= 15 is 0 Å². The molecule has 4 rings (SSSR count). The van der Waals surface area contributed by atoms with E-state index in [0.29, 0.717) is 43.3 Å². The Bertz CT molecular complexity index is 1480. The fourth-order valence-electron chi connectivity index (χ4n) is 4.29. The van der Waals surface area contributed by atoms with Crippen LogP contribution in [0, 0.1) is 20.8 Å². The molecule has 1 fully saturated rings. The Morgan fingerprint density at radius 1 is 0.951 bits per heavy atom. The molecule has 41 heavy (non-hydrogen) atoms. The number of hydrogen-bond donors (Lipinski definition) is 1. The van der Waals surface area contributed by atoms with E-state index in [9.17, 15) is 18.0 Å². The van der Waals surface area contributed by atoms with Crippen LogP contribution >= 0.6 is 0 Å². The maximum atomic E-state index is 13.6. The first-order valence-corrected chi connectivity index (χ1v) is 14.6. The van der Waals surface area contributed by atoms with Crippen LogP contribution in [-0.2, 0) is 24.3 Å². The van der Waals surface area contributed by atoms with Gasteiger partial charge < -0.3 is 14.4 Å². The van der Waals surface area contributed by atoms with Gasteiger partial charge in [0.2, 0.25) is 0 Å². The summed E-state index contributed by atoms with van der Waals surface area (Å²) in [6.07, 6.45) is 1.44. The highest BCUT2D eigenvalue weighted by Gasteiger charge is 2.27. The number of aryl methyl sites for hydroxylation is 3. The third-order valence-corrected chi connectivity index (χ3v) is 8.19. The van der Waals surface area contributed by atoms with E-state index in [-0.39, 0.29) is 17.4 Å². The molecule has 10 nitrogen and oxygen atoms in total. The fraction of sp³-hybridized carbons (Fsp3) is 0.300. The Balaban J connectivity index is 1.39. The van der Waals surface area contributed by atoms with Crippen molar-refractivity contribution in [1.82, 2.24) is 10.3 Å². The van der Waals surface area contributed by atoms with Crippen LogP contribution in [0.15, 0.2) is 76.7 Å². The third kappa shape index (κ3) is 8.15. The summed E-state index contributed by atoms with van der Waals surface area (Å²) in [6, 6.07) is 18.7. The number of anilines is 1. The zero-order chi connectivity index (χ0) is 29.4. The Morgan fingerprint density at radius 2 is 1.59 bits per heavy atom. The quantitative estimate of drug-likeness (QED) is 0.292. The minimum absolute atomic E-state index is 0.0635. The molecule has 1 aliphatic rings. The summed E-state index contributed by atoms with van der Waals surface area (Å²) in [5.74, 6) is -0.170. The molecule has 1 aliphatic heterocycles. The van der Waals surface area contributed by atoms with Gasteiger partial charge in [-0.1, -0.05) is 23.8 Å². The van der Waals surface area contributed by atoms with Crippen LogP contribution in [0.5, 0.6) is 5.75 Å². The molecule has 0 aliphatic carbocycles. The van der Waals surface area contributed by atoms with Crippen molar-refractivity contribution in [2.45, 2.75) is 25.7 Å². The van der Waals surface area contributed by atoms with Crippen molar-refractivity contribution in [3.8, 4) is 5.75 Å². The number of hydrogen-bond acceptors (Lipinski definition) is 7. The van der Waals surface area contributed by atoms with Crippen molar-refractivity contribution in [1.29, 1.82) is 0 Å². The first kappa shape index (κ1) is 29.8. The van der Waals surface area contributed by atoms with Gasteiger partial charge in [0, 0.05) is 13.1 Å². The van der Waals surface area contributed by atoms with Crippen LogP contribution in [0.1, 0.15) is 22.3 Å². The van der Waals surface area contributed by atoms with E-state index in [1.807, 2.05) is 26.8 Å². The highest BCUT2D eigenvalue weighted by atomic mass is 32.2. The number of carbonyl (C=O) groups is 2. The van der Waals surface area contributed by atoms with E-state index in [2.05, 4.69) is 10.5 Å². The SMILES string of the molecule is Cc1ccc(S(=O)(=O)N(CC(=O)N/N=C\c2ccc(OCC(=O)N3CCOCC3)cc2)c2cc(C)cc(C)c2)cc1. The topological polar surface area (TPSA) is 118 Å². The number of amides is 2. The molecule has 1 N–H and O–H groups in total. The summed E-state index contributed by atoms with van der Waals surface area (Å²) in [5.41, 5.74) is 6.16. The van der Waals surface area contributed by atoms with Crippen LogP contribution in [0.3, 0.4) is 0 Å². The largest absolute Gasteiger partial charge is 0.484 e. The Hall–Kier alpha value is -4.22. The Labute approximate surface area is 240 Å². The van der Waals surface area contributed by atoms with E-state index in [1.54, 1.807) is 53.4 Å². The second kappa shape index (κ2) is 13.4. The van der Waals surface area contributed by atoms with Crippen LogP contribution in [-0.4, -0.2) is 70.8 Å². The number of carbonyl (C=O) groups excluding carboxylic acids is 2. The predicted octanol–water partition coefficient (Wildman–Crippen LogP) is 3.20. The second-order valence-electron chi connectivity index (χ2n) is 9.81. The van der Waals surface area contributed by atoms with Crippen molar-refractivity contribution in [3.63, 3.8) is 0 Å². The average molecular weight is 579 g/mol. The summed E-state index contributed by atoms with van der Waals surface area (Å²) >= 11 is 0. The maximum absolute atomic E-state index is 13.6. The first-order chi connectivity index (χ1) is 19.6. The molecule has 0 saturated carbocycles. The van der Waals surface area contributed by atoms with Gasteiger partial charge in [-0.2, -0.15) is 5.10 Å². The normalized spacial score (nSPS) is 13.7. The summed E-state index contributed by atoms with van der Waals surface area (Å²) < 4.78 is 39.1. The number of hydrazone groups is 1. The summed E-state index contributed by atoms with van der Waals surface area (Å²) in [6.45, 7) is 7.27. The van der Waals surface area contributed by atoms with Crippen LogP contribution in [0.25, 0.3) is 0 Å². The van der Waals surface area contributed by atoms with Gasteiger partial charge >= 0.3 is 0 Å². The smallest absolute Gasteiger partial charge is 0.264 e. The lowest BCUT2D eigenvalue weighted by molar-refractivity contribution is -0.137. The molecule has 0 spiro atoms. The van der Waals surface area contributed by atoms with Gasteiger partial charge in [-0.25, -0.2) is 13.8 Å². The van der Waals surface area contributed by atoms with Crippen molar-refractivity contribution >= 4 is 33.7 Å². The third-order valence-electron chi connectivity index (χ3n) is 6.40. The number of ether oxygens (including phenoxy) is 2. The molecule has 3 aromatic carbocycles. The number of morpholine rings is 1. The van der Waals surface area contributed by atoms with Gasteiger partial charge in [-0.3, -0.25) is 13.9 Å². The number of nitrogens with one attached hydrogen (secondary N) is 1. The number of rotatable bonds is 10. The molecule has 0 unspecified atom stereocenters. The van der Waals surface area contributed by atoms with Gasteiger partial charge in [-0.05, 0) is 86.0 Å². The van der Waals surface area contributed by atoms with Gasteiger partial charge in [0.25, 0.3) is 21.8 Å². The van der Waals surface area contributed by atoms with Crippen molar-refractivity contribution in [2.75, 3.05) is 43.8 Å². The molecular weight excluding hydrogens is 544 g/mol. The summed E-state index contributed by atoms with van der Waals surface area (Å²) in [7, 11) is -4.03. The number of nitrogens with zero attached hydrogens (tertiary/aromatic N) is 3. The van der Waals surface area contributed by atoms with Crippen LogP contribution < -0.4 is 14.5 Å². The van der Waals surface area contributed by atoms with Crippen LogP contribution in [0.2, 0.25) is 0 Å². The lowest BCUT2D eigenvalue weighted by Crippen LogP contribution is -2.42. The standard InChI is InChI=1S/C30H34N4O6S/c1-22-4-10-28(11-5-22)41(37,38)34(26-17-23(2)16-24(3)18-26)20-29(35)32-31-19-25-6-8-27(9-7-25)40-21-30(36)33-12-14-39-15-13-33/h4-11,16-19H,12-15,20-21H2,1-3H3,(H,32,35)/b31-19-. The predicted molar refractivity (Wildman–Crippen MR) is 157 cm³/mol. The van der Waals surface area contributed by atoms with Gasteiger partial charge in [0.15, 0.2) is 6.61 Å². The van der Waals surface area contributed by atoms with E-state index < -0.39 is 22.5 Å². The monoisotopic (exact) mass is 578 g/mol. The highest BCUT2D eigenvalue weighted by molar-refractivity contribution is 7.92. The molecule has 0 bridgehead atoms. The fourth-order valence-corrected chi connectivity index (χ4v) is 5.70. The van der Waals surface area contributed by atoms with Crippen LogP contribution in [0.4, 0.5) is 5.69 Å². The van der Waals surface area contributed by atoms with E-state index in [4.69, 9.17) is 9.47 Å². The van der Waals surface area contributed by atoms with Gasteiger partial charge in [0.1, 0.15) is 12.3 Å². The van der Waals surface area contributed by atoms with Crippen molar-refractivity contribution in [3.05, 3.63) is 89.0 Å². The van der Waals surface area contributed by atoms with E-state index in [0.717, 1.165) is 21.0 Å². The number of benzene rings is 3. The zero-order valence-corrected chi connectivity index (χ0v) is 24.2. The molecule has 1 saturated heterocycles.